The molecule has 34 heavy (non-hydrogen) atoms. The predicted molar refractivity (Wildman–Crippen MR) is 136 cm³/mol. The molecule has 0 bridgehead atoms. The van der Waals surface area contributed by atoms with Crippen LogP contribution in [0.1, 0.15) is 44.2 Å². The summed E-state index contributed by atoms with van der Waals surface area (Å²) < 4.78 is 1.42. The zero-order chi connectivity index (χ0) is 22.6. The molecule has 0 atom stereocenters. The van der Waals surface area contributed by atoms with Gasteiger partial charge in [-0.1, -0.05) is 32.8 Å². The second kappa shape index (κ2) is 16.7. The Bertz CT molecular complexity index is 1100. The summed E-state index contributed by atoms with van der Waals surface area (Å²) in [5, 5.41) is 2.66. The van der Waals surface area contributed by atoms with Crippen molar-refractivity contribution in [3.8, 4) is 0 Å². The van der Waals surface area contributed by atoms with Gasteiger partial charge in [0.1, 0.15) is 0 Å². The van der Waals surface area contributed by atoms with Gasteiger partial charge in [0.15, 0.2) is 0 Å². The van der Waals surface area contributed by atoms with Crippen LogP contribution in [0.25, 0.3) is 10.8 Å². The fourth-order valence-electron chi connectivity index (χ4n) is 3.66. The fourth-order valence-corrected chi connectivity index (χ4v) is 4.48. The summed E-state index contributed by atoms with van der Waals surface area (Å²) in [6.07, 6.45) is 8.82. The van der Waals surface area contributed by atoms with Gasteiger partial charge in [-0.15, -0.1) is 36.1 Å². The largest absolute Gasteiger partial charge is 0.168 e. The van der Waals surface area contributed by atoms with Gasteiger partial charge >= 0.3 is 99.2 Å². The summed E-state index contributed by atoms with van der Waals surface area (Å²) >= 11 is 1.46. The van der Waals surface area contributed by atoms with E-state index in [0.717, 1.165) is 6.42 Å². The minimum Gasteiger partial charge on any atom is -0.168 e. The fraction of sp³-hybridized carbons (Fsp3) is 0.161. The Balaban J connectivity index is 0.000000257. The molecule has 4 aromatic rings. The third-order valence-corrected chi connectivity index (χ3v) is 6.95. The molecule has 0 saturated carbocycles. The third kappa shape index (κ3) is 9.03. The first-order chi connectivity index (χ1) is 15.7. The van der Waals surface area contributed by atoms with Gasteiger partial charge in [0.2, 0.25) is 0 Å². The number of hydrogen-bond acceptors (Lipinski definition) is 0. The normalized spacial score (nSPS) is 11.4. The van der Waals surface area contributed by atoms with E-state index in [0.29, 0.717) is 0 Å². The van der Waals surface area contributed by atoms with E-state index in [1.54, 1.807) is 5.57 Å². The molecule has 0 spiro atoms. The second-order valence-electron chi connectivity index (χ2n) is 7.62. The van der Waals surface area contributed by atoms with Crippen LogP contribution < -0.4 is 24.8 Å². The third-order valence-electron chi connectivity index (χ3n) is 5.53. The molecule has 0 amide bonds. The SMILES string of the molecule is CCC1=C(CC)C[C-]=C1.[Cl-].[Cl-].[Zr+2]=[C](c1ccccc1)c1ccccc1.c1ccc2[cH-]ccc2c1. The van der Waals surface area contributed by atoms with Gasteiger partial charge in [-0.3, -0.25) is 6.08 Å². The van der Waals surface area contributed by atoms with Crippen molar-refractivity contribution in [2.24, 2.45) is 0 Å². The Hall–Kier alpha value is -1.92. The predicted octanol–water partition coefficient (Wildman–Crippen LogP) is 2.23. The molecule has 0 unspecified atom stereocenters. The van der Waals surface area contributed by atoms with Gasteiger partial charge in [-0.25, -0.2) is 6.08 Å². The minimum atomic E-state index is 0. The summed E-state index contributed by atoms with van der Waals surface area (Å²) in [6, 6.07) is 35.8. The van der Waals surface area contributed by atoms with Crippen LogP contribution in [-0.2, 0) is 24.2 Å². The van der Waals surface area contributed by atoms with E-state index in [-0.39, 0.29) is 24.8 Å². The van der Waals surface area contributed by atoms with Crippen molar-refractivity contribution in [3.05, 3.63) is 138 Å². The van der Waals surface area contributed by atoms with Gasteiger partial charge in [0.25, 0.3) is 0 Å². The molecule has 0 saturated heterocycles. The first kappa shape index (κ1) is 30.1. The van der Waals surface area contributed by atoms with Gasteiger partial charge in [0.05, 0.1) is 0 Å². The number of rotatable bonds is 4. The van der Waals surface area contributed by atoms with Crippen LogP contribution in [0.15, 0.2) is 120 Å². The van der Waals surface area contributed by atoms with E-state index >= 15 is 0 Å². The van der Waals surface area contributed by atoms with Crippen molar-refractivity contribution < 1.29 is 49.0 Å². The number of halogens is 2. The molecule has 174 valence electrons. The van der Waals surface area contributed by atoms with Crippen LogP contribution in [0.5, 0.6) is 0 Å². The molecule has 0 aromatic heterocycles. The van der Waals surface area contributed by atoms with Crippen molar-refractivity contribution in [3.63, 3.8) is 0 Å². The zero-order valence-corrected chi connectivity index (χ0v) is 23.7. The average molecular weight is 565 g/mol. The topological polar surface area (TPSA) is 0 Å². The van der Waals surface area contributed by atoms with Gasteiger partial charge in [0, 0.05) is 0 Å². The first-order valence-electron chi connectivity index (χ1n) is 11.3. The Morgan fingerprint density at radius 2 is 1.32 bits per heavy atom. The standard InChI is InChI=1S/C13H10.C9H7.C9H13.2ClH.Zr/c1-3-7-12(8-4-1)11-13-9-5-2-6-10-13;1-2-5-9-7-3-6-8(9)4-1;1-3-8-6-5-7-9(8)4-2;;;/h1-10H;1-7H;6H,3-4,7H2,1-2H3;2*1H;/q;2*-1;;;+2/p-2. The monoisotopic (exact) mass is 562 g/mol. The van der Waals surface area contributed by atoms with E-state index in [9.17, 15) is 0 Å². The molecular formula is C31H30Cl2Zr-2. The summed E-state index contributed by atoms with van der Waals surface area (Å²) in [5.74, 6) is 0. The van der Waals surface area contributed by atoms with E-state index in [1.807, 2.05) is 0 Å². The Labute approximate surface area is 232 Å². The first-order valence-corrected chi connectivity index (χ1v) is 12.5. The molecule has 4 aromatic carbocycles. The average Bonchev–Trinajstić information content (AvgIpc) is 3.54. The number of benzene rings is 3. The minimum absolute atomic E-state index is 0. The van der Waals surface area contributed by atoms with Gasteiger partial charge in [-0.2, -0.15) is 28.7 Å². The van der Waals surface area contributed by atoms with Crippen molar-refractivity contribution in [2.45, 2.75) is 33.1 Å². The summed E-state index contributed by atoms with van der Waals surface area (Å²) in [6.45, 7) is 4.42. The molecule has 3 heteroatoms. The van der Waals surface area contributed by atoms with Crippen LogP contribution >= 0.6 is 0 Å². The van der Waals surface area contributed by atoms with Crippen LogP contribution in [-0.4, -0.2) is 3.21 Å². The quantitative estimate of drug-likeness (QED) is 0.334. The van der Waals surface area contributed by atoms with Crippen LogP contribution in [0.3, 0.4) is 0 Å². The van der Waals surface area contributed by atoms with Crippen molar-refractivity contribution in [2.75, 3.05) is 0 Å². The Morgan fingerprint density at radius 3 is 1.82 bits per heavy atom. The molecule has 0 nitrogen and oxygen atoms in total. The van der Waals surface area contributed by atoms with E-state index < -0.39 is 0 Å². The van der Waals surface area contributed by atoms with Crippen molar-refractivity contribution >= 4 is 14.0 Å². The smallest absolute Gasteiger partial charge is 0.0809 e. The molecule has 0 fully saturated rings. The molecule has 5 rings (SSSR count). The Morgan fingerprint density at radius 1 is 0.765 bits per heavy atom. The summed E-state index contributed by atoms with van der Waals surface area (Å²) in [4.78, 5) is 0. The zero-order valence-electron chi connectivity index (χ0n) is 19.8. The number of allylic oxidation sites excluding steroid dienone is 4. The van der Waals surface area contributed by atoms with Crippen LogP contribution in [0, 0.1) is 6.08 Å². The Kier molecular flexibility index (Phi) is 14.8. The number of fused-ring (bicyclic) bond motifs is 1. The number of hydrogen-bond donors (Lipinski definition) is 0. The molecule has 0 aliphatic heterocycles. The maximum absolute atomic E-state index is 3.23. The molecule has 1 aliphatic carbocycles. The molecule has 0 radical (unpaired) electrons. The second-order valence-corrected chi connectivity index (χ2v) is 8.85. The van der Waals surface area contributed by atoms with Crippen molar-refractivity contribution in [1.29, 1.82) is 0 Å². The van der Waals surface area contributed by atoms with E-state index in [4.69, 9.17) is 0 Å². The van der Waals surface area contributed by atoms with Crippen LogP contribution in [0.4, 0.5) is 0 Å². The molecule has 1 aliphatic rings. The van der Waals surface area contributed by atoms with Gasteiger partial charge < -0.3 is 24.8 Å². The summed E-state index contributed by atoms with van der Waals surface area (Å²) in [7, 11) is 0. The maximum atomic E-state index is 3.23. The van der Waals surface area contributed by atoms with E-state index in [1.165, 1.54) is 67.8 Å². The summed E-state index contributed by atoms with van der Waals surface area (Å²) in [5.41, 5.74) is 5.75. The van der Waals surface area contributed by atoms with Gasteiger partial charge in [-0.05, 0) is 0 Å². The molecular weight excluding hydrogens is 534 g/mol. The van der Waals surface area contributed by atoms with E-state index in [2.05, 4.69) is 129 Å². The maximum Gasteiger partial charge on any atom is -0.0809 e. The molecule has 0 heterocycles. The molecule has 0 N–H and O–H groups in total. The van der Waals surface area contributed by atoms with Crippen LogP contribution in [0.2, 0.25) is 0 Å². The van der Waals surface area contributed by atoms with Crippen molar-refractivity contribution in [1.82, 2.24) is 0 Å².